The molecule has 2 heterocycles. The maximum atomic E-state index is 13.3. The molecule has 142 valence electrons. The number of aromatic nitrogens is 1. The van der Waals surface area contributed by atoms with Crippen LogP contribution in [0.15, 0.2) is 60.7 Å². The highest BCUT2D eigenvalue weighted by Gasteiger charge is 2.31. The number of ether oxygens (including phenoxy) is 1. The molecule has 1 unspecified atom stereocenters. The number of primary amides is 1. The number of carbonyl (C=O) groups is 2. The van der Waals surface area contributed by atoms with Gasteiger partial charge in [-0.1, -0.05) is 60.7 Å². The number of hydrogen-bond donors (Lipinski definition) is 1. The molecule has 1 atom stereocenters. The SMILES string of the molecule is NC(=O)C1CN(C(=O)c2sc(-c3ccccc3)nc2-c2ccccc2)CCO1. The fourth-order valence-corrected chi connectivity index (χ4v) is 4.17. The first-order valence-electron chi connectivity index (χ1n) is 8.95. The number of rotatable bonds is 4. The van der Waals surface area contributed by atoms with Gasteiger partial charge in [-0.25, -0.2) is 4.98 Å². The van der Waals surface area contributed by atoms with Gasteiger partial charge < -0.3 is 15.4 Å². The van der Waals surface area contributed by atoms with Crippen molar-refractivity contribution >= 4 is 23.2 Å². The van der Waals surface area contributed by atoms with Gasteiger partial charge >= 0.3 is 0 Å². The third-order valence-corrected chi connectivity index (χ3v) is 5.65. The molecular weight excluding hydrogens is 374 g/mol. The standard InChI is InChI=1S/C21H19N3O3S/c22-19(25)16-13-24(11-12-27-16)21(26)18-17(14-7-3-1-4-8-14)23-20(28-18)15-9-5-2-6-10-15/h1-10,16H,11-13H2,(H2,22,25). The smallest absolute Gasteiger partial charge is 0.266 e. The summed E-state index contributed by atoms with van der Waals surface area (Å²) in [4.78, 5) is 31.7. The third-order valence-electron chi connectivity index (χ3n) is 4.56. The lowest BCUT2D eigenvalue weighted by molar-refractivity contribution is -0.133. The van der Waals surface area contributed by atoms with Gasteiger partial charge in [0.25, 0.3) is 5.91 Å². The molecule has 2 N–H and O–H groups in total. The van der Waals surface area contributed by atoms with Crippen molar-refractivity contribution in [3.8, 4) is 21.8 Å². The van der Waals surface area contributed by atoms with Gasteiger partial charge in [-0.3, -0.25) is 9.59 Å². The van der Waals surface area contributed by atoms with E-state index in [2.05, 4.69) is 0 Å². The lowest BCUT2D eigenvalue weighted by Gasteiger charge is -2.31. The Morgan fingerprint density at radius 3 is 2.32 bits per heavy atom. The van der Waals surface area contributed by atoms with E-state index >= 15 is 0 Å². The van der Waals surface area contributed by atoms with Crippen LogP contribution < -0.4 is 5.73 Å². The summed E-state index contributed by atoms with van der Waals surface area (Å²) in [7, 11) is 0. The summed E-state index contributed by atoms with van der Waals surface area (Å²) in [6.45, 7) is 0.848. The van der Waals surface area contributed by atoms with Crippen molar-refractivity contribution in [2.45, 2.75) is 6.10 Å². The van der Waals surface area contributed by atoms with Crippen LogP contribution in [-0.4, -0.2) is 47.5 Å². The topological polar surface area (TPSA) is 85.5 Å². The van der Waals surface area contributed by atoms with E-state index in [9.17, 15) is 9.59 Å². The van der Waals surface area contributed by atoms with Crippen LogP contribution in [0.2, 0.25) is 0 Å². The van der Waals surface area contributed by atoms with Crippen molar-refractivity contribution < 1.29 is 14.3 Å². The zero-order valence-electron chi connectivity index (χ0n) is 15.1. The minimum absolute atomic E-state index is 0.154. The Morgan fingerprint density at radius 1 is 1.04 bits per heavy atom. The molecule has 1 aliphatic rings. The molecule has 7 heteroatoms. The van der Waals surface area contributed by atoms with E-state index in [0.29, 0.717) is 17.1 Å². The molecule has 1 aliphatic heterocycles. The van der Waals surface area contributed by atoms with Crippen molar-refractivity contribution in [2.24, 2.45) is 5.73 Å². The quantitative estimate of drug-likeness (QED) is 0.739. The summed E-state index contributed by atoms with van der Waals surface area (Å²) in [5.41, 5.74) is 7.84. The van der Waals surface area contributed by atoms with Gasteiger partial charge in [0.05, 0.1) is 18.8 Å². The van der Waals surface area contributed by atoms with Crippen molar-refractivity contribution in [3.05, 3.63) is 65.5 Å². The third kappa shape index (κ3) is 3.67. The zero-order chi connectivity index (χ0) is 19.5. The van der Waals surface area contributed by atoms with E-state index in [-0.39, 0.29) is 19.1 Å². The highest BCUT2D eigenvalue weighted by molar-refractivity contribution is 7.17. The van der Waals surface area contributed by atoms with Gasteiger partial charge in [0, 0.05) is 17.7 Å². The first-order chi connectivity index (χ1) is 13.6. The molecule has 1 aromatic heterocycles. The highest BCUT2D eigenvalue weighted by atomic mass is 32.1. The molecule has 0 saturated carbocycles. The molecule has 4 rings (SSSR count). The molecule has 2 aromatic carbocycles. The van der Waals surface area contributed by atoms with Crippen molar-refractivity contribution in [3.63, 3.8) is 0 Å². The Bertz CT molecular complexity index is 989. The van der Waals surface area contributed by atoms with Crippen molar-refractivity contribution in [1.82, 2.24) is 9.88 Å². The maximum absolute atomic E-state index is 13.3. The van der Waals surface area contributed by atoms with Crippen molar-refractivity contribution in [1.29, 1.82) is 0 Å². The number of hydrogen-bond acceptors (Lipinski definition) is 5. The van der Waals surface area contributed by atoms with Crippen LogP contribution in [0.5, 0.6) is 0 Å². The number of benzene rings is 2. The Hall–Kier alpha value is -3.03. The van der Waals surface area contributed by atoms with Gasteiger partial charge in [0.2, 0.25) is 5.91 Å². The molecule has 1 fully saturated rings. The second kappa shape index (κ2) is 7.92. The minimum atomic E-state index is -0.778. The maximum Gasteiger partial charge on any atom is 0.266 e. The summed E-state index contributed by atoms with van der Waals surface area (Å²) in [6, 6.07) is 19.4. The van der Waals surface area contributed by atoms with E-state index < -0.39 is 12.0 Å². The number of carbonyl (C=O) groups excluding carboxylic acids is 2. The monoisotopic (exact) mass is 393 g/mol. The first kappa shape index (κ1) is 18.3. The summed E-state index contributed by atoms with van der Waals surface area (Å²) in [6.07, 6.45) is -0.778. The molecule has 0 radical (unpaired) electrons. The van der Waals surface area contributed by atoms with E-state index in [4.69, 9.17) is 15.5 Å². The van der Waals surface area contributed by atoms with E-state index in [1.807, 2.05) is 60.7 Å². The summed E-state index contributed by atoms with van der Waals surface area (Å²) in [5.74, 6) is -0.719. The summed E-state index contributed by atoms with van der Waals surface area (Å²) >= 11 is 1.36. The molecule has 0 bridgehead atoms. The molecule has 1 saturated heterocycles. The number of nitrogens with zero attached hydrogens (tertiary/aromatic N) is 2. The summed E-state index contributed by atoms with van der Waals surface area (Å²) < 4.78 is 5.36. The predicted octanol–water partition coefficient (Wildman–Crippen LogP) is 2.80. The van der Waals surface area contributed by atoms with Gasteiger partial charge in [0.15, 0.2) is 6.10 Å². The van der Waals surface area contributed by atoms with Crippen LogP contribution in [0.4, 0.5) is 0 Å². The Balaban J connectivity index is 1.73. The van der Waals surface area contributed by atoms with E-state index in [0.717, 1.165) is 16.1 Å². The predicted molar refractivity (Wildman–Crippen MR) is 108 cm³/mol. The molecule has 2 amide bonds. The number of nitrogens with two attached hydrogens (primary N) is 1. The van der Waals surface area contributed by atoms with Gasteiger partial charge in [-0.2, -0.15) is 0 Å². The second-order valence-electron chi connectivity index (χ2n) is 6.44. The van der Waals surface area contributed by atoms with Crippen LogP contribution >= 0.6 is 11.3 Å². The average molecular weight is 393 g/mol. The van der Waals surface area contributed by atoms with Gasteiger partial charge in [-0.05, 0) is 0 Å². The second-order valence-corrected chi connectivity index (χ2v) is 7.44. The Morgan fingerprint density at radius 2 is 1.68 bits per heavy atom. The van der Waals surface area contributed by atoms with Gasteiger partial charge in [-0.15, -0.1) is 11.3 Å². The lowest BCUT2D eigenvalue weighted by atomic mass is 10.1. The largest absolute Gasteiger partial charge is 0.367 e. The lowest BCUT2D eigenvalue weighted by Crippen LogP contribution is -2.50. The highest BCUT2D eigenvalue weighted by Crippen LogP contribution is 2.34. The molecule has 0 spiro atoms. The number of morpholine rings is 1. The van der Waals surface area contributed by atoms with Crippen LogP contribution in [0.3, 0.4) is 0 Å². The first-order valence-corrected chi connectivity index (χ1v) is 9.77. The number of thiazole rings is 1. The average Bonchev–Trinajstić information content (AvgIpc) is 3.20. The Labute approximate surface area is 166 Å². The normalized spacial score (nSPS) is 16.7. The van der Waals surface area contributed by atoms with Crippen LogP contribution in [0.25, 0.3) is 21.8 Å². The van der Waals surface area contributed by atoms with Gasteiger partial charge in [0.1, 0.15) is 9.88 Å². The van der Waals surface area contributed by atoms with E-state index in [1.54, 1.807) is 4.90 Å². The molecular formula is C21H19N3O3S. The molecule has 0 aliphatic carbocycles. The number of amides is 2. The fraction of sp³-hybridized carbons (Fsp3) is 0.190. The van der Waals surface area contributed by atoms with Crippen LogP contribution in [0.1, 0.15) is 9.67 Å². The van der Waals surface area contributed by atoms with Crippen LogP contribution in [0, 0.1) is 0 Å². The molecule has 28 heavy (non-hydrogen) atoms. The summed E-state index contributed by atoms with van der Waals surface area (Å²) in [5, 5.41) is 0.780. The molecule has 6 nitrogen and oxygen atoms in total. The van der Waals surface area contributed by atoms with Crippen molar-refractivity contribution in [2.75, 3.05) is 19.7 Å². The van der Waals surface area contributed by atoms with E-state index in [1.165, 1.54) is 11.3 Å². The Kier molecular flexibility index (Phi) is 5.18. The van der Waals surface area contributed by atoms with Crippen LogP contribution in [-0.2, 0) is 9.53 Å². The molecule has 3 aromatic rings. The minimum Gasteiger partial charge on any atom is -0.367 e. The zero-order valence-corrected chi connectivity index (χ0v) is 15.9. The fourth-order valence-electron chi connectivity index (χ4n) is 3.11.